The van der Waals surface area contributed by atoms with Crippen molar-refractivity contribution in [2.24, 2.45) is 5.92 Å². The SMILES string of the molecule is COc1c(C2C(c3cc(=O)c(OC(F)F)c(C)[nH]3)OC(C)(C(F)(F)F)C2C)ccc(F)c1F. The number of nitrogens with one attached hydrogen (secondary N) is 1. The number of benzene rings is 1. The zero-order valence-electron chi connectivity index (χ0n) is 17.8. The molecule has 1 aliphatic rings. The molecule has 1 aromatic carbocycles. The van der Waals surface area contributed by atoms with Crippen LogP contribution >= 0.6 is 0 Å². The number of hydrogen-bond acceptors (Lipinski definition) is 4. The van der Waals surface area contributed by atoms with E-state index in [0.717, 1.165) is 32.2 Å². The van der Waals surface area contributed by atoms with Gasteiger partial charge >= 0.3 is 12.8 Å². The summed E-state index contributed by atoms with van der Waals surface area (Å²) in [6.07, 6.45) is -6.39. The van der Waals surface area contributed by atoms with Gasteiger partial charge in [-0.15, -0.1) is 0 Å². The Morgan fingerprint density at radius 3 is 2.33 bits per heavy atom. The molecule has 5 nitrogen and oxygen atoms in total. The van der Waals surface area contributed by atoms with E-state index in [1.807, 2.05) is 0 Å². The van der Waals surface area contributed by atoms with Crippen LogP contribution in [0.2, 0.25) is 0 Å². The minimum atomic E-state index is -4.88. The summed E-state index contributed by atoms with van der Waals surface area (Å²) in [6, 6.07) is 2.60. The summed E-state index contributed by atoms with van der Waals surface area (Å²) in [5.74, 6) is -6.61. The molecule has 182 valence electrons. The summed E-state index contributed by atoms with van der Waals surface area (Å²) in [5, 5.41) is 0. The standard InChI is InChI=1S/C21H20F7NO4/c1-8-14(10-5-6-11(22)15(23)17(10)31-4)18(33-20(8,3)21(26,27)28)12-7-13(30)16(9(2)29-12)32-19(24)25/h5-8,14,18-19H,1-4H3,(H,29,30). The molecule has 1 saturated heterocycles. The lowest BCUT2D eigenvalue weighted by molar-refractivity contribution is -0.275. The van der Waals surface area contributed by atoms with E-state index in [2.05, 4.69) is 9.72 Å². The van der Waals surface area contributed by atoms with Crippen molar-refractivity contribution in [1.82, 2.24) is 4.98 Å². The molecular formula is C21H20F7NO4. The van der Waals surface area contributed by atoms with E-state index >= 15 is 0 Å². The molecular weight excluding hydrogens is 463 g/mol. The number of ether oxygens (including phenoxy) is 3. The fraction of sp³-hybridized carbons (Fsp3) is 0.476. The average Bonchev–Trinajstić information content (AvgIpc) is 2.98. The number of rotatable bonds is 5. The first-order chi connectivity index (χ1) is 15.2. The van der Waals surface area contributed by atoms with E-state index in [4.69, 9.17) is 9.47 Å². The van der Waals surface area contributed by atoms with Crippen LogP contribution in [0.4, 0.5) is 30.7 Å². The predicted molar refractivity (Wildman–Crippen MR) is 102 cm³/mol. The Bertz CT molecular complexity index is 1100. The van der Waals surface area contributed by atoms with E-state index in [-0.39, 0.29) is 17.0 Å². The van der Waals surface area contributed by atoms with Crippen molar-refractivity contribution in [3.8, 4) is 11.5 Å². The van der Waals surface area contributed by atoms with Crippen LogP contribution in [-0.4, -0.2) is 30.5 Å². The Morgan fingerprint density at radius 1 is 1.18 bits per heavy atom. The second-order valence-electron chi connectivity index (χ2n) is 7.86. The zero-order valence-corrected chi connectivity index (χ0v) is 17.8. The highest BCUT2D eigenvalue weighted by molar-refractivity contribution is 5.42. The van der Waals surface area contributed by atoms with Gasteiger partial charge in [-0.25, -0.2) is 4.39 Å². The Morgan fingerprint density at radius 2 is 1.82 bits per heavy atom. The summed E-state index contributed by atoms with van der Waals surface area (Å²) < 4.78 is 110. The van der Waals surface area contributed by atoms with Gasteiger partial charge in [-0.05, 0) is 19.9 Å². The van der Waals surface area contributed by atoms with Gasteiger partial charge in [-0.2, -0.15) is 26.3 Å². The molecule has 0 saturated carbocycles. The monoisotopic (exact) mass is 483 g/mol. The first-order valence-corrected chi connectivity index (χ1v) is 9.68. The normalized spacial score (nSPS) is 25.5. The van der Waals surface area contributed by atoms with Crippen LogP contribution in [0.25, 0.3) is 0 Å². The lowest BCUT2D eigenvalue weighted by atomic mass is 9.76. The Labute approximate surface area is 183 Å². The molecule has 0 aliphatic carbocycles. The Kier molecular flexibility index (Phi) is 6.44. The topological polar surface area (TPSA) is 60.5 Å². The molecule has 33 heavy (non-hydrogen) atoms. The van der Waals surface area contributed by atoms with E-state index in [1.165, 1.54) is 13.8 Å². The van der Waals surface area contributed by atoms with Gasteiger partial charge < -0.3 is 19.2 Å². The highest BCUT2D eigenvalue weighted by Crippen LogP contribution is 2.59. The molecule has 4 atom stereocenters. The smallest absolute Gasteiger partial charge is 0.417 e. The van der Waals surface area contributed by atoms with Gasteiger partial charge in [0, 0.05) is 29.2 Å². The third-order valence-electron chi connectivity index (χ3n) is 6.01. The number of halogens is 7. The van der Waals surface area contributed by atoms with E-state index in [1.54, 1.807) is 0 Å². The van der Waals surface area contributed by atoms with Crippen LogP contribution in [0.1, 0.15) is 42.8 Å². The third-order valence-corrected chi connectivity index (χ3v) is 6.01. The minimum Gasteiger partial charge on any atom is -0.493 e. The van der Waals surface area contributed by atoms with Crippen molar-refractivity contribution in [2.75, 3.05) is 7.11 Å². The van der Waals surface area contributed by atoms with Crippen molar-refractivity contribution in [1.29, 1.82) is 0 Å². The maximum atomic E-state index is 14.4. The van der Waals surface area contributed by atoms with Gasteiger partial charge in [0.1, 0.15) is 6.10 Å². The summed E-state index contributed by atoms with van der Waals surface area (Å²) in [7, 11) is 1.03. The first kappa shape index (κ1) is 24.9. The number of alkyl halides is 5. The molecule has 1 fully saturated rings. The molecule has 4 unspecified atom stereocenters. The Hall–Kier alpha value is -2.76. The molecule has 12 heteroatoms. The second kappa shape index (κ2) is 8.54. The summed E-state index contributed by atoms with van der Waals surface area (Å²) in [6.45, 7) is -0.0584. The Balaban J connectivity index is 2.23. The minimum absolute atomic E-state index is 0.117. The van der Waals surface area contributed by atoms with E-state index in [9.17, 15) is 35.5 Å². The number of pyridine rings is 1. The van der Waals surface area contributed by atoms with Crippen molar-refractivity contribution in [2.45, 2.75) is 51.2 Å². The molecule has 0 spiro atoms. The molecule has 0 radical (unpaired) electrons. The first-order valence-electron chi connectivity index (χ1n) is 9.68. The molecule has 2 heterocycles. The van der Waals surface area contributed by atoms with Crippen molar-refractivity contribution >= 4 is 0 Å². The third kappa shape index (κ3) is 4.16. The zero-order chi connectivity index (χ0) is 24.9. The number of aromatic amines is 1. The largest absolute Gasteiger partial charge is 0.493 e. The molecule has 0 bridgehead atoms. The molecule has 0 amide bonds. The van der Waals surface area contributed by atoms with Crippen LogP contribution in [-0.2, 0) is 4.74 Å². The van der Waals surface area contributed by atoms with Crippen LogP contribution in [0.15, 0.2) is 23.0 Å². The summed E-state index contributed by atoms with van der Waals surface area (Å²) >= 11 is 0. The van der Waals surface area contributed by atoms with Crippen molar-refractivity contribution in [3.05, 3.63) is 57.0 Å². The number of H-pyrrole nitrogens is 1. The lowest BCUT2D eigenvalue weighted by Crippen LogP contribution is -2.46. The van der Waals surface area contributed by atoms with Gasteiger partial charge in [0.05, 0.1) is 12.8 Å². The highest BCUT2D eigenvalue weighted by Gasteiger charge is 2.65. The highest BCUT2D eigenvalue weighted by atomic mass is 19.4. The average molecular weight is 483 g/mol. The number of aryl methyl sites for hydroxylation is 1. The van der Waals surface area contributed by atoms with E-state index < -0.39 is 64.9 Å². The molecule has 1 aliphatic heterocycles. The maximum Gasteiger partial charge on any atom is 0.417 e. The maximum absolute atomic E-state index is 14.4. The molecule has 2 aromatic rings. The molecule has 3 rings (SSSR count). The van der Waals surface area contributed by atoms with E-state index in [0.29, 0.717) is 0 Å². The predicted octanol–water partition coefficient (Wildman–Crippen LogP) is 5.38. The van der Waals surface area contributed by atoms with Crippen LogP contribution < -0.4 is 14.9 Å². The number of methoxy groups -OCH3 is 1. The molecule has 1 N–H and O–H groups in total. The van der Waals surface area contributed by atoms with Gasteiger partial charge in [-0.1, -0.05) is 13.0 Å². The van der Waals surface area contributed by atoms with Crippen LogP contribution in [0.5, 0.6) is 11.5 Å². The molecule has 1 aromatic heterocycles. The lowest BCUT2D eigenvalue weighted by Gasteiger charge is -2.32. The van der Waals surface area contributed by atoms with Crippen molar-refractivity contribution in [3.63, 3.8) is 0 Å². The quantitative estimate of drug-likeness (QED) is 0.580. The van der Waals surface area contributed by atoms with Crippen LogP contribution in [0.3, 0.4) is 0 Å². The number of aromatic nitrogens is 1. The van der Waals surface area contributed by atoms with Gasteiger partial charge in [0.15, 0.2) is 22.9 Å². The van der Waals surface area contributed by atoms with Gasteiger partial charge in [-0.3, -0.25) is 4.79 Å². The van der Waals surface area contributed by atoms with Crippen LogP contribution in [0, 0.1) is 24.5 Å². The van der Waals surface area contributed by atoms with Gasteiger partial charge in [0.2, 0.25) is 11.2 Å². The number of hydrogen-bond donors (Lipinski definition) is 1. The summed E-state index contributed by atoms with van der Waals surface area (Å²) in [5.41, 5.74) is -4.25. The fourth-order valence-corrected chi connectivity index (χ4v) is 4.17. The van der Waals surface area contributed by atoms with Gasteiger partial charge in [0.25, 0.3) is 0 Å². The fourth-order valence-electron chi connectivity index (χ4n) is 4.17. The van der Waals surface area contributed by atoms with Crippen molar-refractivity contribution < 1.29 is 44.9 Å². The second-order valence-corrected chi connectivity index (χ2v) is 7.86. The summed E-state index contributed by atoms with van der Waals surface area (Å²) in [4.78, 5) is 14.9.